The topological polar surface area (TPSA) is 57.9 Å². The molecule has 1 aromatic carbocycles. The van der Waals surface area contributed by atoms with Gasteiger partial charge in [0.1, 0.15) is 36.0 Å². The number of ether oxygens (including phenoxy) is 3. The maximum absolute atomic E-state index is 6.30. The Morgan fingerprint density at radius 3 is 2.66 bits per heavy atom. The van der Waals surface area contributed by atoms with Crippen LogP contribution in [0.15, 0.2) is 24.3 Å². The van der Waals surface area contributed by atoms with Gasteiger partial charge in [-0.1, -0.05) is 0 Å². The number of hydrogen-bond acceptors (Lipinski definition) is 6. The predicted molar refractivity (Wildman–Crippen MR) is 112 cm³/mol. The lowest BCUT2D eigenvalue weighted by Gasteiger charge is -2.23. The summed E-state index contributed by atoms with van der Waals surface area (Å²) in [6, 6.07) is 7.76. The minimum Gasteiger partial charge on any atom is -0.494 e. The van der Waals surface area contributed by atoms with E-state index >= 15 is 0 Å². The minimum absolute atomic E-state index is 0.654. The van der Waals surface area contributed by atoms with Crippen molar-refractivity contribution in [1.29, 1.82) is 0 Å². The third-order valence-electron chi connectivity index (χ3n) is 5.54. The number of rotatable bonds is 6. The SMILES string of the molecule is CCOc1ccc(Oc2nc(C[NH+]3CCOCC3)nc3sc4c(c23)CCC4)cc1. The molecular formula is C22H26N3O3S+. The molecule has 0 saturated carbocycles. The van der Waals surface area contributed by atoms with Gasteiger partial charge in [-0.15, -0.1) is 11.3 Å². The van der Waals surface area contributed by atoms with Crippen molar-refractivity contribution in [2.24, 2.45) is 0 Å². The lowest BCUT2D eigenvalue weighted by atomic mass is 10.2. The molecule has 1 N–H and O–H groups in total. The van der Waals surface area contributed by atoms with Crippen molar-refractivity contribution in [3.8, 4) is 17.4 Å². The molecule has 0 radical (unpaired) electrons. The molecule has 1 aliphatic carbocycles. The molecule has 0 amide bonds. The monoisotopic (exact) mass is 412 g/mol. The Kier molecular flexibility index (Phi) is 5.35. The molecule has 3 aromatic rings. The summed E-state index contributed by atoms with van der Waals surface area (Å²) in [7, 11) is 0. The van der Waals surface area contributed by atoms with E-state index in [1.54, 1.807) is 0 Å². The van der Waals surface area contributed by atoms with Gasteiger partial charge in [0.15, 0.2) is 5.82 Å². The van der Waals surface area contributed by atoms with E-state index < -0.39 is 0 Å². The molecule has 0 bridgehead atoms. The van der Waals surface area contributed by atoms with Gasteiger partial charge in [-0.3, -0.25) is 0 Å². The van der Waals surface area contributed by atoms with Crippen LogP contribution in [0.2, 0.25) is 0 Å². The second-order valence-electron chi connectivity index (χ2n) is 7.53. The van der Waals surface area contributed by atoms with Crippen LogP contribution in [-0.4, -0.2) is 42.9 Å². The summed E-state index contributed by atoms with van der Waals surface area (Å²) in [5, 5.41) is 1.11. The van der Waals surface area contributed by atoms with Crippen LogP contribution >= 0.6 is 11.3 Å². The Bertz CT molecular complexity index is 997. The summed E-state index contributed by atoms with van der Waals surface area (Å²) >= 11 is 1.81. The van der Waals surface area contributed by atoms with E-state index in [0.29, 0.717) is 12.5 Å². The van der Waals surface area contributed by atoms with Gasteiger partial charge in [0.25, 0.3) is 0 Å². The maximum Gasteiger partial charge on any atom is 0.231 e. The average Bonchev–Trinajstić information content (AvgIpc) is 3.31. The van der Waals surface area contributed by atoms with Crippen LogP contribution in [-0.2, 0) is 24.1 Å². The number of morpholine rings is 1. The number of thiophene rings is 1. The highest BCUT2D eigenvalue weighted by molar-refractivity contribution is 7.19. The predicted octanol–water partition coefficient (Wildman–Crippen LogP) is 2.79. The highest BCUT2D eigenvalue weighted by Gasteiger charge is 2.25. The fourth-order valence-corrected chi connectivity index (χ4v) is 5.37. The fraction of sp³-hybridized carbons (Fsp3) is 0.455. The number of benzene rings is 1. The second kappa shape index (κ2) is 8.26. The van der Waals surface area contributed by atoms with Crippen LogP contribution in [0.5, 0.6) is 17.4 Å². The molecule has 2 aliphatic rings. The lowest BCUT2D eigenvalue weighted by Crippen LogP contribution is -3.12. The van der Waals surface area contributed by atoms with Crippen molar-refractivity contribution in [2.75, 3.05) is 32.9 Å². The fourth-order valence-electron chi connectivity index (χ4n) is 4.10. The summed E-state index contributed by atoms with van der Waals surface area (Å²) in [4.78, 5) is 13.8. The molecule has 7 heteroatoms. The zero-order valence-corrected chi connectivity index (χ0v) is 17.5. The van der Waals surface area contributed by atoms with Crippen molar-refractivity contribution in [2.45, 2.75) is 32.7 Å². The zero-order chi connectivity index (χ0) is 19.6. The van der Waals surface area contributed by atoms with Crippen LogP contribution in [0.25, 0.3) is 10.2 Å². The van der Waals surface area contributed by atoms with Crippen molar-refractivity contribution in [1.82, 2.24) is 9.97 Å². The summed E-state index contributed by atoms with van der Waals surface area (Å²) in [5.74, 6) is 3.17. The van der Waals surface area contributed by atoms with E-state index in [1.165, 1.54) is 21.8 Å². The molecule has 152 valence electrons. The molecule has 29 heavy (non-hydrogen) atoms. The molecule has 1 saturated heterocycles. The first-order valence-electron chi connectivity index (χ1n) is 10.4. The summed E-state index contributed by atoms with van der Waals surface area (Å²) in [6.45, 7) is 7.05. The molecular weight excluding hydrogens is 386 g/mol. The van der Waals surface area contributed by atoms with Crippen LogP contribution in [0.3, 0.4) is 0 Å². The molecule has 5 rings (SSSR count). The zero-order valence-electron chi connectivity index (χ0n) is 16.7. The highest BCUT2D eigenvalue weighted by atomic mass is 32.1. The Morgan fingerprint density at radius 2 is 1.86 bits per heavy atom. The van der Waals surface area contributed by atoms with Gasteiger partial charge in [0.2, 0.25) is 5.88 Å². The Morgan fingerprint density at radius 1 is 1.07 bits per heavy atom. The van der Waals surface area contributed by atoms with Gasteiger partial charge in [-0.05, 0) is 56.0 Å². The van der Waals surface area contributed by atoms with Crippen LogP contribution < -0.4 is 14.4 Å². The molecule has 0 unspecified atom stereocenters. The Labute approximate surface area is 174 Å². The third-order valence-corrected chi connectivity index (χ3v) is 6.72. The molecule has 6 nitrogen and oxygen atoms in total. The van der Waals surface area contributed by atoms with Crippen molar-refractivity contribution < 1.29 is 19.1 Å². The van der Waals surface area contributed by atoms with Gasteiger partial charge in [0, 0.05) is 4.88 Å². The quantitative estimate of drug-likeness (QED) is 0.675. The van der Waals surface area contributed by atoms with Crippen LogP contribution in [0.1, 0.15) is 29.6 Å². The number of aromatic nitrogens is 2. The first kappa shape index (κ1) is 18.8. The van der Waals surface area contributed by atoms with Crippen molar-refractivity contribution in [3.05, 3.63) is 40.5 Å². The van der Waals surface area contributed by atoms with Crippen LogP contribution in [0, 0.1) is 0 Å². The van der Waals surface area contributed by atoms with Gasteiger partial charge in [0.05, 0.1) is 25.2 Å². The first-order valence-corrected chi connectivity index (χ1v) is 11.2. The van der Waals surface area contributed by atoms with E-state index in [0.717, 1.165) is 73.2 Å². The van der Waals surface area contributed by atoms with E-state index in [1.807, 2.05) is 42.5 Å². The van der Waals surface area contributed by atoms with Gasteiger partial charge < -0.3 is 19.1 Å². The number of nitrogens with one attached hydrogen (secondary N) is 1. The molecule has 3 heterocycles. The van der Waals surface area contributed by atoms with Gasteiger partial charge in [-0.25, -0.2) is 4.98 Å². The van der Waals surface area contributed by atoms with E-state index in [2.05, 4.69) is 0 Å². The molecule has 1 aliphatic heterocycles. The van der Waals surface area contributed by atoms with Crippen LogP contribution in [0.4, 0.5) is 0 Å². The van der Waals surface area contributed by atoms with E-state index in [4.69, 9.17) is 24.2 Å². The number of fused-ring (bicyclic) bond motifs is 3. The maximum atomic E-state index is 6.30. The summed E-state index contributed by atoms with van der Waals surface area (Å²) in [5.41, 5.74) is 1.39. The minimum atomic E-state index is 0.654. The highest BCUT2D eigenvalue weighted by Crippen LogP contribution is 2.41. The largest absolute Gasteiger partial charge is 0.494 e. The molecule has 0 spiro atoms. The Balaban J connectivity index is 1.49. The van der Waals surface area contributed by atoms with E-state index in [-0.39, 0.29) is 0 Å². The third kappa shape index (κ3) is 3.95. The van der Waals surface area contributed by atoms with Gasteiger partial charge >= 0.3 is 0 Å². The molecule has 2 aromatic heterocycles. The number of nitrogens with zero attached hydrogens (tertiary/aromatic N) is 2. The molecule has 1 fully saturated rings. The van der Waals surface area contributed by atoms with E-state index in [9.17, 15) is 0 Å². The first-order chi connectivity index (χ1) is 14.3. The second-order valence-corrected chi connectivity index (χ2v) is 8.61. The molecule has 0 atom stereocenters. The Hall–Kier alpha value is -2.22. The lowest BCUT2D eigenvalue weighted by molar-refractivity contribution is -0.922. The van der Waals surface area contributed by atoms with Crippen molar-refractivity contribution >= 4 is 21.6 Å². The van der Waals surface area contributed by atoms with Gasteiger partial charge in [-0.2, -0.15) is 4.98 Å². The number of aryl methyl sites for hydroxylation is 2. The summed E-state index contributed by atoms with van der Waals surface area (Å²) in [6.07, 6.45) is 3.44. The number of quaternary nitrogens is 1. The normalized spacial score (nSPS) is 16.9. The average molecular weight is 413 g/mol. The van der Waals surface area contributed by atoms with Crippen molar-refractivity contribution in [3.63, 3.8) is 0 Å². The standard InChI is InChI=1S/C22H25N3O3S/c1-2-27-15-6-8-16(9-7-15)28-21-20-17-4-3-5-18(17)29-22(20)24-19(23-21)14-25-10-12-26-13-11-25/h6-9H,2-5,10-14H2,1H3/p+1. The smallest absolute Gasteiger partial charge is 0.231 e. The summed E-state index contributed by atoms with van der Waals surface area (Å²) < 4.78 is 17.3. The number of hydrogen-bond donors (Lipinski definition) is 1.